The van der Waals surface area contributed by atoms with E-state index < -0.39 is 0 Å². The maximum Gasteiger partial charge on any atom is 0.0305 e. The SMILES string of the molecule is C[SiH](C)CCCCCCCCCCCCCCCCCCCCCCCl. The van der Waals surface area contributed by atoms with E-state index in [2.05, 4.69) is 13.1 Å². The number of rotatable bonds is 22. The minimum atomic E-state index is -0.274. The molecule has 0 aliphatic heterocycles. The summed E-state index contributed by atoms with van der Waals surface area (Å²) in [5, 5.41) is 0. The third kappa shape index (κ3) is 24.5. The lowest BCUT2D eigenvalue weighted by Crippen LogP contribution is -1.97. The summed E-state index contributed by atoms with van der Waals surface area (Å²) in [7, 11) is -0.274. The summed E-state index contributed by atoms with van der Waals surface area (Å²) in [5.41, 5.74) is 0. The van der Waals surface area contributed by atoms with Crippen LogP contribution in [0.4, 0.5) is 0 Å². The van der Waals surface area contributed by atoms with E-state index in [1.165, 1.54) is 128 Å². The Labute approximate surface area is 173 Å². The van der Waals surface area contributed by atoms with Gasteiger partial charge in [-0.15, -0.1) is 11.6 Å². The summed E-state index contributed by atoms with van der Waals surface area (Å²) in [6.45, 7) is 4.96. The fourth-order valence-electron chi connectivity index (χ4n) is 3.83. The van der Waals surface area contributed by atoms with Crippen LogP contribution in [0.1, 0.15) is 128 Å². The van der Waals surface area contributed by atoms with E-state index in [-0.39, 0.29) is 8.80 Å². The molecule has 2 heteroatoms. The molecule has 158 valence electrons. The van der Waals surface area contributed by atoms with Gasteiger partial charge in [-0.05, 0) is 6.42 Å². The number of unbranched alkanes of at least 4 members (excludes halogenated alkanes) is 19. The van der Waals surface area contributed by atoms with Crippen LogP contribution in [-0.4, -0.2) is 14.7 Å². The monoisotopic (exact) mass is 402 g/mol. The molecule has 26 heavy (non-hydrogen) atoms. The Balaban J connectivity index is 2.97. The number of halogens is 1. The number of hydrogen-bond acceptors (Lipinski definition) is 0. The van der Waals surface area contributed by atoms with Crippen LogP contribution in [0.15, 0.2) is 0 Å². The van der Waals surface area contributed by atoms with Gasteiger partial charge in [0.25, 0.3) is 0 Å². The fraction of sp³-hybridized carbons (Fsp3) is 1.00. The summed E-state index contributed by atoms with van der Waals surface area (Å²) in [6.07, 6.45) is 29.1. The van der Waals surface area contributed by atoms with E-state index in [0.717, 1.165) is 5.88 Å². The smallest absolute Gasteiger partial charge is 0.0305 e. The maximum absolute atomic E-state index is 5.70. The quantitative estimate of drug-likeness (QED) is 0.0959. The standard InChI is InChI=1S/C24H51ClSi/c1-26(2)24-22-20-18-16-14-12-10-8-6-4-3-5-7-9-11-13-15-17-19-21-23-25/h26H,3-24H2,1-2H3. The highest BCUT2D eigenvalue weighted by Crippen LogP contribution is 2.15. The first-order valence-corrected chi connectivity index (χ1v) is 16.0. The molecular formula is C24H51ClSi. The van der Waals surface area contributed by atoms with Gasteiger partial charge in [0.1, 0.15) is 0 Å². The van der Waals surface area contributed by atoms with E-state index in [1.54, 1.807) is 6.04 Å². The normalized spacial score (nSPS) is 11.5. The average molecular weight is 403 g/mol. The van der Waals surface area contributed by atoms with Crippen molar-refractivity contribution in [2.45, 2.75) is 148 Å². The molecule has 0 unspecified atom stereocenters. The van der Waals surface area contributed by atoms with Crippen molar-refractivity contribution < 1.29 is 0 Å². The Morgan fingerprint density at radius 1 is 0.385 bits per heavy atom. The Kier molecular flexibility index (Phi) is 24.0. The van der Waals surface area contributed by atoms with Crippen molar-refractivity contribution in [2.75, 3.05) is 5.88 Å². The summed E-state index contributed by atoms with van der Waals surface area (Å²) in [4.78, 5) is 0. The zero-order valence-corrected chi connectivity index (χ0v) is 20.4. The second kappa shape index (κ2) is 23.5. The van der Waals surface area contributed by atoms with Crippen LogP contribution in [0, 0.1) is 0 Å². The molecule has 0 bridgehead atoms. The minimum Gasteiger partial charge on any atom is -0.127 e. The van der Waals surface area contributed by atoms with Gasteiger partial charge in [0.2, 0.25) is 0 Å². The van der Waals surface area contributed by atoms with Gasteiger partial charge in [0.15, 0.2) is 0 Å². The van der Waals surface area contributed by atoms with E-state index in [0.29, 0.717) is 0 Å². The Morgan fingerprint density at radius 3 is 0.846 bits per heavy atom. The van der Waals surface area contributed by atoms with Gasteiger partial charge in [-0.25, -0.2) is 0 Å². The van der Waals surface area contributed by atoms with E-state index in [9.17, 15) is 0 Å². The van der Waals surface area contributed by atoms with Crippen LogP contribution in [0.2, 0.25) is 19.1 Å². The van der Waals surface area contributed by atoms with E-state index in [1.807, 2.05) is 0 Å². The molecule has 0 atom stereocenters. The summed E-state index contributed by atoms with van der Waals surface area (Å²) >= 11 is 5.70. The highest BCUT2D eigenvalue weighted by molar-refractivity contribution is 6.55. The van der Waals surface area contributed by atoms with Gasteiger partial charge < -0.3 is 0 Å². The van der Waals surface area contributed by atoms with Crippen molar-refractivity contribution in [2.24, 2.45) is 0 Å². The van der Waals surface area contributed by atoms with Gasteiger partial charge in [0.05, 0.1) is 0 Å². The highest BCUT2D eigenvalue weighted by atomic mass is 35.5. The average Bonchev–Trinajstić information content (AvgIpc) is 2.62. The predicted molar refractivity (Wildman–Crippen MR) is 127 cm³/mol. The molecule has 0 fully saturated rings. The van der Waals surface area contributed by atoms with Crippen LogP contribution in [-0.2, 0) is 0 Å². The lowest BCUT2D eigenvalue weighted by Gasteiger charge is -2.04. The summed E-state index contributed by atoms with van der Waals surface area (Å²) in [6, 6.07) is 1.56. The van der Waals surface area contributed by atoms with Crippen LogP contribution >= 0.6 is 11.6 Å². The first-order valence-electron chi connectivity index (χ1n) is 12.3. The minimum absolute atomic E-state index is 0.274. The fourth-order valence-corrected chi connectivity index (χ4v) is 5.12. The molecule has 0 aliphatic rings. The van der Waals surface area contributed by atoms with Crippen LogP contribution in [0.5, 0.6) is 0 Å². The second-order valence-corrected chi connectivity index (χ2v) is 12.7. The Hall–Kier alpha value is 0.507. The topological polar surface area (TPSA) is 0 Å². The summed E-state index contributed by atoms with van der Waals surface area (Å²) in [5.74, 6) is 0.847. The van der Waals surface area contributed by atoms with Crippen LogP contribution in [0.25, 0.3) is 0 Å². The van der Waals surface area contributed by atoms with Crippen molar-refractivity contribution in [3.63, 3.8) is 0 Å². The molecule has 0 aromatic carbocycles. The van der Waals surface area contributed by atoms with Crippen molar-refractivity contribution in [1.29, 1.82) is 0 Å². The van der Waals surface area contributed by atoms with Gasteiger partial charge >= 0.3 is 0 Å². The Bertz CT molecular complexity index is 242. The van der Waals surface area contributed by atoms with Crippen molar-refractivity contribution >= 4 is 20.4 Å². The lowest BCUT2D eigenvalue weighted by atomic mass is 10.0. The first kappa shape index (κ1) is 26.5. The third-order valence-electron chi connectivity index (χ3n) is 5.67. The molecule has 0 N–H and O–H groups in total. The van der Waals surface area contributed by atoms with Gasteiger partial charge in [0, 0.05) is 14.7 Å². The van der Waals surface area contributed by atoms with Gasteiger partial charge in [-0.3, -0.25) is 0 Å². The number of hydrogen-bond donors (Lipinski definition) is 0. The molecule has 0 amide bonds. The first-order chi connectivity index (χ1) is 12.8. The van der Waals surface area contributed by atoms with Gasteiger partial charge in [-0.2, -0.15) is 0 Å². The van der Waals surface area contributed by atoms with Crippen LogP contribution < -0.4 is 0 Å². The maximum atomic E-state index is 5.70. The molecule has 0 saturated heterocycles. The molecule has 0 spiro atoms. The zero-order chi connectivity index (χ0) is 19.1. The number of alkyl halides is 1. The molecule has 0 aromatic rings. The van der Waals surface area contributed by atoms with E-state index >= 15 is 0 Å². The van der Waals surface area contributed by atoms with Crippen molar-refractivity contribution in [1.82, 2.24) is 0 Å². The molecule has 0 radical (unpaired) electrons. The van der Waals surface area contributed by atoms with Crippen molar-refractivity contribution in [3.8, 4) is 0 Å². The molecule has 0 nitrogen and oxygen atoms in total. The molecule has 0 saturated carbocycles. The summed E-state index contributed by atoms with van der Waals surface area (Å²) < 4.78 is 0. The van der Waals surface area contributed by atoms with Crippen LogP contribution in [0.3, 0.4) is 0 Å². The molecular weight excluding hydrogens is 352 g/mol. The zero-order valence-electron chi connectivity index (χ0n) is 18.5. The molecule has 0 heterocycles. The lowest BCUT2D eigenvalue weighted by molar-refractivity contribution is 0.523. The molecule has 0 rings (SSSR count). The van der Waals surface area contributed by atoms with Gasteiger partial charge in [-0.1, -0.05) is 141 Å². The Morgan fingerprint density at radius 2 is 0.615 bits per heavy atom. The molecule has 0 aromatic heterocycles. The van der Waals surface area contributed by atoms with Crippen molar-refractivity contribution in [3.05, 3.63) is 0 Å². The molecule has 0 aliphatic carbocycles. The van der Waals surface area contributed by atoms with E-state index in [4.69, 9.17) is 11.6 Å². The largest absolute Gasteiger partial charge is 0.127 e. The highest BCUT2D eigenvalue weighted by Gasteiger charge is 1.97. The second-order valence-electron chi connectivity index (χ2n) is 8.94. The predicted octanol–water partition coefficient (Wildman–Crippen LogP) is 9.51. The third-order valence-corrected chi connectivity index (χ3v) is 7.50.